The minimum absolute atomic E-state index is 0.392. The molecule has 1 heterocycles. The van der Waals surface area contributed by atoms with Crippen molar-refractivity contribution >= 4 is 0 Å². The van der Waals surface area contributed by atoms with Crippen LogP contribution in [0.25, 0.3) is 0 Å². The average Bonchev–Trinajstić information content (AvgIpc) is 2.19. The summed E-state index contributed by atoms with van der Waals surface area (Å²) in [6.45, 7) is 3.70. The Morgan fingerprint density at radius 3 is 3.00 bits per heavy atom. The number of hydrogen-bond acceptors (Lipinski definition) is 3. The van der Waals surface area contributed by atoms with Crippen LogP contribution < -0.4 is 11.1 Å². The van der Waals surface area contributed by atoms with E-state index < -0.39 is 0 Å². The molecule has 0 bridgehead atoms. The predicted molar refractivity (Wildman–Crippen MR) is 54.5 cm³/mol. The summed E-state index contributed by atoms with van der Waals surface area (Å²) in [6, 6.07) is 6.37. The first-order valence-electron chi connectivity index (χ1n) is 4.66. The minimum Gasteiger partial charge on any atom is -0.329 e. The molecule has 0 aliphatic rings. The van der Waals surface area contributed by atoms with Gasteiger partial charge in [0.2, 0.25) is 0 Å². The Morgan fingerprint density at radius 1 is 1.54 bits per heavy atom. The summed E-state index contributed by atoms with van der Waals surface area (Å²) in [5.74, 6) is 0. The summed E-state index contributed by atoms with van der Waals surface area (Å²) < 4.78 is 0. The van der Waals surface area contributed by atoms with Gasteiger partial charge in [-0.1, -0.05) is 6.07 Å². The van der Waals surface area contributed by atoms with E-state index in [1.54, 1.807) is 0 Å². The van der Waals surface area contributed by atoms with Gasteiger partial charge in [-0.05, 0) is 19.1 Å². The second kappa shape index (κ2) is 5.67. The predicted octanol–water partition coefficient (Wildman–Crippen LogP) is 0.561. The van der Waals surface area contributed by atoms with E-state index >= 15 is 0 Å². The molecule has 13 heavy (non-hydrogen) atoms. The molecular formula is C10H17N3. The molecular weight excluding hydrogens is 162 g/mol. The highest BCUT2D eigenvalue weighted by Crippen LogP contribution is 1.93. The van der Waals surface area contributed by atoms with Crippen molar-refractivity contribution in [2.75, 3.05) is 13.1 Å². The lowest BCUT2D eigenvalue weighted by molar-refractivity contribution is 0.556. The quantitative estimate of drug-likeness (QED) is 0.694. The molecule has 0 aliphatic carbocycles. The molecule has 1 rings (SSSR count). The molecule has 0 spiro atoms. The number of hydrogen-bond donors (Lipinski definition) is 2. The Balaban J connectivity index is 2.20. The summed E-state index contributed by atoms with van der Waals surface area (Å²) in [6.07, 6.45) is 2.78. The molecule has 1 aromatic heterocycles. The van der Waals surface area contributed by atoms with Crippen LogP contribution in [0.3, 0.4) is 0 Å². The molecule has 1 atom stereocenters. The van der Waals surface area contributed by atoms with E-state index in [1.807, 2.05) is 24.4 Å². The van der Waals surface area contributed by atoms with Crippen LogP contribution in [-0.4, -0.2) is 24.1 Å². The molecule has 0 radical (unpaired) electrons. The van der Waals surface area contributed by atoms with Gasteiger partial charge >= 0.3 is 0 Å². The monoisotopic (exact) mass is 179 g/mol. The largest absolute Gasteiger partial charge is 0.329 e. The minimum atomic E-state index is 0.392. The van der Waals surface area contributed by atoms with E-state index in [9.17, 15) is 0 Å². The van der Waals surface area contributed by atoms with E-state index in [4.69, 9.17) is 5.73 Å². The Bertz CT molecular complexity index is 223. The maximum absolute atomic E-state index is 5.47. The van der Waals surface area contributed by atoms with Crippen LogP contribution in [0.5, 0.6) is 0 Å². The number of nitrogens with one attached hydrogen (secondary N) is 1. The van der Waals surface area contributed by atoms with Crippen LogP contribution in [0.1, 0.15) is 12.6 Å². The zero-order valence-corrected chi connectivity index (χ0v) is 8.03. The Hall–Kier alpha value is -0.930. The Morgan fingerprint density at radius 2 is 2.38 bits per heavy atom. The second-order valence-electron chi connectivity index (χ2n) is 3.16. The van der Waals surface area contributed by atoms with Crippen molar-refractivity contribution in [3.05, 3.63) is 30.1 Å². The molecule has 3 N–H and O–H groups in total. The first-order chi connectivity index (χ1) is 6.33. The summed E-state index contributed by atoms with van der Waals surface area (Å²) in [7, 11) is 0. The molecule has 3 heteroatoms. The second-order valence-corrected chi connectivity index (χ2v) is 3.16. The first-order valence-corrected chi connectivity index (χ1v) is 4.66. The fourth-order valence-corrected chi connectivity index (χ4v) is 1.08. The summed E-state index contributed by atoms with van der Waals surface area (Å²) in [5.41, 5.74) is 6.60. The van der Waals surface area contributed by atoms with Crippen molar-refractivity contribution < 1.29 is 0 Å². The van der Waals surface area contributed by atoms with Gasteiger partial charge in [-0.2, -0.15) is 0 Å². The molecule has 0 amide bonds. The third-order valence-corrected chi connectivity index (χ3v) is 1.95. The first kappa shape index (κ1) is 10.2. The fourth-order valence-electron chi connectivity index (χ4n) is 1.08. The zero-order chi connectivity index (χ0) is 9.52. The molecule has 72 valence electrons. The van der Waals surface area contributed by atoms with Crippen LogP contribution in [0.15, 0.2) is 24.4 Å². The highest BCUT2D eigenvalue weighted by atomic mass is 14.9. The number of nitrogens with two attached hydrogens (primary N) is 1. The fraction of sp³-hybridized carbons (Fsp3) is 0.500. The van der Waals surface area contributed by atoms with Gasteiger partial charge in [0.1, 0.15) is 0 Å². The van der Waals surface area contributed by atoms with E-state index in [-0.39, 0.29) is 0 Å². The molecule has 0 fully saturated rings. The van der Waals surface area contributed by atoms with Crippen molar-refractivity contribution in [3.8, 4) is 0 Å². The molecule has 0 aromatic carbocycles. The highest BCUT2D eigenvalue weighted by molar-refractivity contribution is 5.03. The average molecular weight is 179 g/mol. The standard InChI is InChI=1S/C10H17N3/c1-9(8-11)12-7-5-10-4-2-3-6-13-10/h2-4,6,9,12H,5,7-8,11H2,1H3. The normalized spacial score (nSPS) is 12.8. The maximum Gasteiger partial charge on any atom is 0.0416 e. The highest BCUT2D eigenvalue weighted by Gasteiger charge is 1.97. The van der Waals surface area contributed by atoms with Crippen LogP contribution in [0.2, 0.25) is 0 Å². The van der Waals surface area contributed by atoms with Gasteiger partial charge in [-0.25, -0.2) is 0 Å². The van der Waals surface area contributed by atoms with Crippen molar-refractivity contribution in [3.63, 3.8) is 0 Å². The van der Waals surface area contributed by atoms with E-state index in [0.29, 0.717) is 12.6 Å². The zero-order valence-electron chi connectivity index (χ0n) is 8.03. The molecule has 1 aromatic rings. The Kier molecular flexibility index (Phi) is 4.43. The van der Waals surface area contributed by atoms with E-state index in [1.165, 1.54) is 0 Å². The summed E-state index contributed by atoms with van der Waals surface area (Å²) >= 11 is 0. The summed E-state index contributed by atoms with van der Waals surface area (Å²) in [5, 5.41) is 3.32. The maximum atomic E-state index is 5.47. The summed E-state index contributed by atoms with van der Waals surface area (Å²) in [4.78, 5) is 4.23. The van der Waals surface area contributed by atoms with Crippen LogP contribution in [-0.2, 0) is 6.42 Å². The van der Waals surface area contributed by atoms with Crippen molar-refractivity contribution in [1.82, 2.24) is 10.3 Å². The molecule has 1 unspecified atom stereocenters. The van der Waals surface area contributed by atoms with Crippen LogP contribution in [0, 0.1) is 0 Å². The van der Waals surface area contributed by atoms with Crippen molar-refractivity contribution in [2.24, 2.45) is 5.73 Å². The molecule has 0 aliphatic heterocycles. The molecule has 3 nitrogen and oxygen atoms in total. The van der Waals surface area contributed by atoms with E-state index in [0.717, 1.165) is 18.7 Å². The van der Waals surface area contributed by atoms with Gasteiger partial charge in [0.05, 0.1) is 0 Å². The number of rotatable bonds is 5. The SMILES string of the molecule is CC(CN)NCCc1ccccn1. The van der Waals surface area contributed by atoms with Crippen molar-refractivity contribution in [2.45, 2.75) is 19.4 Å². The topological polar surface area (TPSA) is 50.9 Å². The lowest BCUT2D eigenvalue weighted by Gasteiger charge is -2.10. The van der Waals surface area contributed by atoms with Gasteiger partial charge in [-0.3, -0.25) is 4.98 Å². The third-order valence-electron chi connectivity index (χ3n) is 1.95. The third kappa shape index (κ3) is 4.01. The van der Waals surface area contributed by atoms with Crippen molar-refractivity contribution in [1.29, 1.82) is 0 Å². The lowest BCUT2D eigenvalue weighted by Crippen LogP contribution is -2.34. The van der Waals surface area contributed by atoms with Crippen LogP contribution in [0.4, 0.5) is 0 Å². The number of nitrogens with zero attached hydrogens (tertiary/aromatic N) is 1. The lowest BCUT2D eigenvalue weighted by atomic mass is 10.2. The molecule has 0 saturated heterocycles. The Labute approximate surface area is 79.4 Å². The smallest absolute Gasteiger partial charge is 0.0416 e. The van der Waals surface area contributed by atoms with Crippen LogP contribution >= 0.6 is 0 Å². The van der Waals surface area contributed by atoms with Gasteiger partial charge < -0.3 is 11.1 Å². The van der Waals surface area contributed by atoms with Gasteiger partial charge in [-0.15, -0.1) is 0 Å². The number of pyridine rings is 1. The van der Waals surface area contributed by atoms with Gasteiger partial charge in [0.25, 0.3) is 0 Å². The number of aromatic nitrogens is 1. The van der Waals surface area contributed by atoms with E-state index in [2.05, 4.69) is 17.2 Å². The van der Waals surface area contributed by atoms with Gasteiger partial charge in [0, 0.05) is 37.4 Å². The van der Waals surface area contributed by atoms with Gasteiger partial charge in [0.15, 0.2) is 0 Å². The molecule has 0 saturated carbocycles.